The zero-order valence-electron chi connectivity index (χ0n) is 8.53. The van der Waals surface area contributed by atoms with Crippen LogP contribution >= 0.6 is 12.2 Å². The van der Waals surface area contributed by atoms with E-state index >= 15 is 0 Å². The van der Waals surface area contributed by atoms with Crippen LogP contribution in [0.3, 0.4) is 0 Å². The lowest BCUT2D eigenvalue weighted by atomic mass is 10.5. The van der Waals surface area contributed by atoms with Crippen LogP contribution in [0.25, 0.3) is 0 Å². The molecule has 0 spiro atoms. The summed E-state index contributed by atoms with van der Waals surface area (Å²) in [6.07, 6.45) is 1.23. The number of hydrogen-bond acceptors (Lipinski definition) is 1. The van der Waals surface area contributed by atoms with Crippen molar-refractivity contribution in [2.45, 2.75) is 32.1 Å². The van der Waals surface area contributed by atoms with E-state index in [-0.39, 0.29) is 0 Å². The largest absolute Gasteiger partial charge is 0.366 e. The van der Waals surface area contributed by atoms with Crippen LogP contribution in [-0.4, -0.2) is 26.8 Å². The Hall–Kier alpha value is -0.0931. The average Bonchev–Trinajstić information content (AvgIpc) is 1.96. The average molecular weight is 204 g/mol. The van der Waals surface area contributed by atoms with E-state index in [1.165, 1.54) is 12.5 Å². The van der Waals surface area contributed by atoms with Gasteiger partial charge in [0.2, 0.25) is 0 Å². The minimum Gasteiger partial charge on any atom is -0.366 e. The summed E-state index contributed by atoms with van der Waals surface area (Å²) in [5, 5.41) is 6.80. The first-order valence-corrected chi connectivity index (χ1v) is 8.53. The molecule has 0 bridgehead atoms. The van der Waals surface area contributed by atoms with Crippen molar-refractivity contribution >= 4 is 25.4 Å². The summed E-state index contributed by atoms with van der Waals surface area (Å²) >= 11 is 4.95. The molecule has 2 nitrogen and oxygen atoms in total. The van der Waals surface area contributed by atoms with Crippen molar-refractivity contribution in [3.63, 3.8) is 0 Å². The predicted octanol–water partition coefficient (Wildman–Crippen LogP) is 1.81. The highest BCUT2D eigenvalue weighted by Crippen LogP contribution is 2.09. The van der Waals surface area contributed by atoms with Crippen molar-refractivity contribution in [1.82, 2.24) is 10.6 Å². The molecule has 72 valence electrons. The maximum Gasteiger partial charge on any atom is 0.166 e. The molecule has 0 saturated carbocycles. The summed E-state index contributed by atoms with van der Waals surface area (Å²) in [4.78, 5) is 0. The van der Waals surface area contributed by atoms with Crippen molar-refractivity contribution in [3.05, 3.63) is 0 Å². The minimum absolute atomic E-state index is 0.755. The van der Waals surface area contributed by atoms with E-state index in [1.54, 1.807) is 0 Å². The summed E-state index contributed by atoms with van der Waals surface area (Å²) < 4.78 is 0. The number of nitrogens with one attached hydrogen (secondary N) is 2. The van der Waals surface area contributed by atoms with Gasteiger partial charge in [0.25, 0.3) is 0 Å². The second kappa shape index (κ2) is 5.53. The van der Waals surface area contributed by atoms with Gasteiger partial charge in [0.15, 0.2) is 5.11 Å². The van der Waals surface area contributed by atoms with Crippen LogP contribution in [0.15, 0.2) is 0 Å². The molecule has 0 aliphatic carbocycles. The zero-order valence-corrected chi connectivity index (χ0v) is 10.3. The monoisotopic (exact) mass is 204 g/mol. The number of hydrogen-bond donors (Lipinski definition) is 2. The fraction of sp³-hybridized carbons (Fsp3) is 0.875. The van der Waals surface area contributed by atoms with Gasteiger partial charge in [0.1, 0.15) is 0 Å². The van der Waals surface area contributed by atoms with Gasteiger partial charge in [-0.2, -0.15) is 0 Å². The van der Waals surface area contributed by atoms with Crippen molar-refractivity contribution in [3.8, 4) is 0 Å². The van der Waals surface area contributed by atoms with E-state index in [0.29, 0.717) is 0 Å². The summed E-state index contributed by atoms with van der Waals surface area (Å²) in [6.45, 7) is 8.18. The fourth-order valence-electron chi connectivity index (χ4n) is 0.909. The highest BCUT2D eigenvalue weighted by Gasteiger charge is 2.11. The van der Waals surface area contributed by atoms with Gasteiger partial charge in [-0.25, -0.2) is 0 Å². The third kappa shape index (κ3) is 8.01. The molecule has 0 aromatic rings. The van der Waals surface area contributed by atoms with Gasteiger partial charge in [-0.05, 0) is 18.6 Å². The molecule has 0 amide bonds. The van der Waals surface area contributed by atoms with Gasteiger partial charge in [0.05, 0.1) is 0 Å². The Bertz CT molecular complexity index is 142. The van der Waals surface area contributed by atoms with Gasteiger partial charge in [-0.3, -0.25) is 0 Å². The molecule has 0 unspecified atom stereocenters. The highest BCUT2D eigenvalue weighted by atomic mass is 32.1. The molecule has 12 heavy (non-hydrogen) atoms. The van der Waals surface area contributed by atoms with Crippen molar-refractivity contribution < 1.29 is 0 Å². The maximum absolute atomic E-state index is 4.95. The second-order valence-electron chi connectivity index (χ2n) is 4.17. The third-order valence-corrected chi connectivity index (χ3v) is 3.82. The Balaban J connectivity index is 3.28. The third-order valence-electron chi connectivity index (χ3n) is 1.62. The highest BCUT2D eigenvalue weighted by molar-refractivity contribution is 7.80. The van der Waals surface area contributed by atoms with E-state index in [1.807, 2.05) is 7.05 Å². The zero-order chi connectivity index (χ0) is 9.61. The topological polar surface area (TPSA) is 24.1 Å². The summed E-state index contributed by atoms with van der Waals surface area (Å²) in [7, 11) is 0.998. The van der Waals surface area contributed by atoms with E-state index in [4.69, 9.17) is 12.2 Å². The lowest BCUT2D eigenvalue weighted by Gasteiger charge is -2.15. The molecule has 2 N–H and O–H groups in total. The first kappa shape index (κ1) is 11.9. The molecule has 0 aromatic carbocycles. The van der Waals surface area contributed by atoms with Crippen LogP contribution in [0, 0.1) is 0 Å². The van der Waals surface area contributed by atoms with Crippen LogP contribution < -0.4 is 10.6 Å². The quantitative estimate of drug-likeness (QED) is 0.415. The fourth-order valence-corrected chi connectivity index (χ4v) is 2.25. The summed E-state index contributed by atoms with van der Waals surface area (Å²) in [6, 6.07) is 1.37. The van der Waals surface area contributed by atoms with Gasteiger partial charge in [-0.1, -0.05) is 25.7 Å². The minimum atomic E-state index is -0.843. The van der Waals surface area contributed by atoms with Gasteiger partial charge in [-0.15, -0.1) is 0 Å². The van der Waals surface area contributed by atoms with Crippen molar-refractivity contribution in [1.29, 1.82) is 0 Å². The lowest BCUT2D eigenvalue weighted by Crippen LogP contribution is -2.33. The van der Waals surface area contributed by atoms with Gasteiger partial charge < -0.3 is 10.6 Å². The Labute approximate surface area is 82.1 Å². The lowest BCUT2D eigenvalue weighted by molar-refractivity contribution is 0.818. The van der Waals surface area contributed by atoms with E-state index in [9.17, 15) is 0 Å². The Morgan fingerprint density at radius 3 is 2.33 bits per heavy atom. The van der Waals surface area contributed by atoms with Gasteiger partial charge >= 0.3 is 0 Å². The first-order valence-electron chi connectivity index (χ1n) is 4.41. The maximum atomic E-state index is 4.95. The molecule has 0 atom stereocenters. The Morgan fingerprint density at radius 2 is 1.92 bits per heavy atom. The summed E-state index contributed by atoms with van der Waals surface area (Å²) in [5.41, 5.74) is 0. The second-order valence-corrected chi connectivity index (χ2v) is 10.2. The Kier molecular flexibility index (Phi) is 5.49. The SMILES string of the molecule is CNC(=S)NCCC[Si](C)(C)C. The van der Waals surface area contributed by atoms with Crippen molar-refractivity contribution in [2.24, 2.45) is 0 Å². The van der Waals surface area contributed by atoms with Crippen LogP contribution in [0.2, 0.25) is 25.7 Å². The molecule has 0 radical (unpaired) electrons. The molecule has 0 rings (SSSR count). The molecule has 4 heteroatoms. The number of rotatable bonds is 4. The molecule has 0 aliphatic rings. The van der Waals surface area contributed by atoms with E-state index < -0.39 is 8.07 Å². The van der Waals surface area contributed by atoms with Crippen LogP contribution in [-0.2, 0) is 0 Å². The van der Waals surface area contributed by atoms with E-state index in [2.05, 4.69) is 30.3 Å². The molecule has 0 aliphatic heterocycles. The smallest absolute Gasteiger partial charge is 0.166 e. The normalized spacial score (nSPS) is 11.0. The van der Waals surface area contributed by atoms with Gasteiger partial charge in [0, 0.05) is 21.7 Å². The van der Waals surface area contributed by atoms with Crippen LogP contribution in [0.4, 0.5) is 0 Å². The molecule has 0 aromatic heterocycles. The molecule has 0 heterocycles. The number of thiocarbonyl (C=S) groups is 1. The van der Waals surface area contributed by atoms with E-state index in [0.717, 1.165) is 11.7 Å². The van der Waals surface area contributed by atoms with Crippen molar-refractivity contribution in [2.75, 3.05) is 13.6 Å². The van der Waals surface area contributed by atoms with Crippen LogP contribution in [0.5, 0.6) is 0 Å². The standard InChI is InChI=1S/C8H20N2SSi/c1-9-8(11)10-6-5-7-12(2,3)4/h5-7H2,1-4H3,(H2,9,10,11). The molecule has 0 fully saturated rings. The molecular weight excluding hydrogens is 184 g/mol. The van der Waals surface area contributed by atoms with Crippen LogP contribution in [0.1, 0.15) is 6.42 Å². The first-order chi connectivity index (χ1) is 5.45. The molecule has 0 saturated heterocycles. The summed E-state index contributed by atoms with van der Waals surface area (Å²) in [5.74, 6) is 0. The predicted molar refractivity (Wildman–Crippen MR) is 62.4 cm³/mol. The Morgan fingerprint density at radius 1 is 1.33 bits per heavy atom. The molecular formula is C8H20N2SSi.